The Bertz CT molecular complexity index is 760. The minimum absolute atomic E-state index is 0.115. The lowest BCUT2D eigenvalue weighted by molar-refractivity contribution is -0.132. The first kappa shape index (κ1) is 16.1. The van der Waals surface area contributed by atoms with Crippen LogP contribution < -0.4 is 4.74 Å². The van der Waals surface area contributed by atoms with Crippen LogP contribution in [0.3, 0.4) is 0 Å². The van der Waals surface area contributed by atoms with Crippen molar-refractivity contribution < 1.29 is 9.53 Å². The fourth-order valence-corrected chi connectivity index (χ4v) is 3.21. The third kappa shape index (κ3) is 3.28. The van der Waals surface area contributed by atoms with Crippen LogP contribution in [0, 0.1) is 12.3 Å². The highest BCUT2D eigenvalue weighted by Gasteiger charge is 2.30. The van der Waals surface area contributed by atoms with E-state index in [-0.39, 0.29) is 18.4 Å². The van der Waals surface area contributed by atoms with Gasteiger partial charge in [-0.25, -0.2) is 0 Å². The summed E-state index contributed by atoms with van der Waals surface area (Å²) in [7, 11) is 1.83. The Kier molecular flexibility index (Phi) is 4.85. The quantitative estimate of drug-likeness (QED) is 0.860. The Hall–Kier alpha value is -2.74. The molecule has 0 saturated carbocycles. The standard InChI is InChI=1S/C19H21N3O2/c1-3-11-24-18-10-5-4-7-14(18)13-22(2)19(23)15-8-6-9-17-16(15)12-20-21-17/h1,4-5,7,10,12,15H,6,8-9,11,13H2,2H3,(H,20,21)/t15-/m1/s1. The summed E-state index contributed by atoms with van der Waals surface area (Å²) < 4.78 is 5.57. The molecule has 5 nitrogen and oxygen atoms in total. The van der Waals surface area contributed by atoms with Crippen molar-refractivity contribution in [3.63, 3.8) is 0 Å². The first-order valence-corrected chi connectivity index (χ1v) is 8.12. The third-order valence-electron chi connectivity index (χ3n) is 4.41. The molecule has 2 aromatic rings. The molecule has 0 radical (unpaired) electrons. The Balaban J connectivity index is 1.73. The van der Waals surface area contributed by atoms with Crippen molar-refractivity contribution in [3.05, 3.63) is 47.3 Å². The van der Waals surface area contributed by atoms with Gasteiger partial charge in [0.05, 0.1) is 12.1 Å². The maximum absolute atomic E-state index is 12.9. The molecule has 124 valence electrons. The number of carbonyl (C=O) groups excluding carboxylic acids is 1. The normalized spacial score (nSPS) is 16.1. The van der Waals surface area contributed by atoms with Gasteiger partial charge in [-0.1, -0.05) is 24.1 Å². The van der Waals surface area contributed by atoms with Gasteiger partial charge in [0.25, 0.3) is 0 Å². The van der Waals surface area contributed by atoms with E-state index in [0.29, 0.717) is 6.54 Å². The summed E-state index contributed by atoms with van der Waals surface area (Å²) in [6.07, 6.45) is 9.88. The van der Waals surface area contributed by atoms with Gasteiger partial charge in [-0.2, -0.15) is 5.10 Å². The smallest absolute Gasteiger partial charge is 0.230 e. The lowest BCUT2D eigenvalue weighted by atomic mass is 9.86. The van der Waals surface area contributed by atoms with Gasteiger partial charge in [0.1, 0.15) is 12.4 Å². The summed E-state index contributed by atoms with van der Waals surface area (Å²) in [6.45, 7) is 0.707. The van der Waals surface area contributed by atoms with Crippen molar-refractivity contribution in [2.75, 3.05) is 13.7 Å². The number of H-pyrrole nitrogens is 1. The number of hydrogen-bond donors (Lipinski definition) is 1. The van der Waals surface area contributed by atoms with Gasteiger partial charge in [0.2, 0.25) is 5.91 Å². The maximum Gasteiger partial charge on any atom is 0.230 e. The molecule has 3 rings (SSSR count). The van der Waals surface area contributed by atoms with E-state index < -0.39 is 0 Å². The van der Waals surface area contributed by atoms with E-state index in [1.807, 2.05) is 31.3 Å². The highest BCUT2D eigenvalue weighted by atomic mass is 16.5. The minimum atomic E-state index is -0.115. The van der Waals surface area contributed by atoms with Crippen LogP contribution >= 0.6 is 0 Å². The van der Waals surface area contributed by atoms with Crippen LogP contribution in [0.4, 0.5) is 0 Å². The Morgan fingerprint density at radius 3 is 3.17 bits per heavy atom. The summed E-state index contributed by atoms with van der Waals surface area (Å²) in [5, 5.41) is 7.10. The molecule has 1 heterocycles. The van der Waals surface area contributed by atoms with Crippen LogP contribution in [0.2, 0.25) is 0 Å². The highest BCUT2D eigenvalue weighted by Crippen LogP contribution is 2.32. The maximum atomic E-state index is 12.9. The van der Waals surface area contributed by atoms with Crippen molar-refractivity contribution in [1.82, 2.24) is 15.1 Å². The Labute approximate surface area is 142 Å². The van der Waals surface area contributed by atoms with E-state index in [0.717, 1.165) is 41.8 Å². The molecule has 0 bridgehead atoms. The number of aromatic nitrogens is 2. The number of amides is 1. The predicted molar refractivity (Wildman–Crippen MR) is 91.5 cm³/mol. The number of likely N-dealkylation sites (N-methyl/N-ethyl adjacent to an activating group) is 1. The zero-order valence-electron chi connectivity index (χ0n) is 13.8. The molecule has 1 amide bonds. The molecule has 24 heavy (non-hydrogen) atoms. The molecule has 0 spiro atoms. The fraction of sp³-hybridized carbons (Fsp3) is 0.368. The van der Waals surface area contributed by atoms with Gasteiger partial charge >= 0.3 is 0 Å². The van der Waals surface area contributed by atoms with Gasteiger partial charge in [0.15, 0.2) is 0 Å². The first-order valence-electron chi connectivity index (χ1n) is 8.12. The second-order valence-corrected chi connectivity index (χ2v) is 6.04. The second-order valence-electron chi connectivity index (χ2n) is 6.04. The van der Waals surface area contributed by atoms with Gasteiger partial charge in [0, 0.05) is 30.4 Å². The number of nitrogens with one attached hydrogen (secondary N) is 1. The number of aryl methyl sites for hydroxylation is 1. The number of terminal acetylenes is 1. The number of ether oxygens (including phenoxy) is 1. The second kappa shape index (κ2) is 7.22. The van der Waals surface area contributed by atoms with E-state index >= 15 is 0 Å². The number of aromatic amines is 1. The Morgan fingerprint density at radius 2 is 2.33 bits per heavy atom. The van der Waals surface area contributed by atoms with Crippen molar-refractivity contribution in [2.24, 2.45) is 0 Å². The van der Waals surface area contributed by atoms with Crippen molar-refractivity contribution in [3.8, 4) is 18.1 Å². The number of rotatable bonds is 5. The summed E-state index contributed by atoms with van der Waals surface area (Å²) in [6, 6.07) is 7.67. The fourth-order valence-electron chi connectivity index (χ4n) is 3.21. The van der Waals surface area contributed by atoms with E-state index in [1.54, 1.807) is 11.1 Å². The average Bonchev–Trinajstić information content (AvgIpc) is 3.09. The summed E-state index contributed by atoms with van der Waals surface area (Å²) in [4.78, 5) is 14.7. The molecule has 0 saturated heterocycles. The number of carbonyl (C=O) groups is 1. The largest absolute Gasteiger partial charge is 0.481 e. The van der Waals surface area contributed by atoms with E-state index in [1.165, 1.54) is 0 Å². The highest BCUT2D eigenvalue weighted by molar-refractivity contribution is 5.84. The topological polar surface area (TPSA) is 58.2 Å². The van der Waals surface area contributed by atoms with Crippen LogP contribution in [-0.4, -0.2) is 34.7 Å². The van der Waals surface area contributed by atoms with E-state index in [2.05, 4.69) is 16.1 Å². The molecular weight excluding hydrogens is 302 g/mol. The van der Waals surface area contributed by atoms with Crippen molar-refractivity contribution in [1.29, 1.82) is 0 Å². The molecule has 0 unspecified atom stereocenters. The molecule has 1 aromatic carbocycles. The van der Waals surface area contributed by atoms with Gasteiger partial charge < -0.3 is 9.64 Å². The number of para-hydroxylation sites is 1. The van der Waals surface area contributed by atoms with E-state index in [9.17, 15) is 4.79 Å². The zero-order chi connectivity index (χ0) is 16.9. The Morgan fingerprint density at radius 1 is 1.50 bits per heavy atom. The monoisotopic (exact) mass is 323 g/mol. The van der Waals surface area contributed by atoms with Crippen LogP contribution in [0.15, 0.2) is 30.5 Å². The lowest BCUT2D eigenvalue weighted by Crippen LogP contribution is -2.33. The van der Waals surface area contributed by atoms with Gasteiger partial charge in [-0.05, 0) is 25.3 Å². The van der Waals surface area contributed by atoms with E-state index in [4.69, 9.17) is 11.2 Å². The number of nitrogens with zero attached hydrogens (tertiary/aromatic N) is 2. The van der Waals surface area contributed by atoms with Gasteiger partial charge in [-0.3, -0.25) is 9.89 Å². The molecule has 1 atom stereocenters. The number of fused-ring (bicyclic) bond motifs is 1. The predicted octanol–water partition coefficient (Wildman–Crippen LogP) is 2.50. The molecule has 1 N–H and O–H groups in total. The molecule has 5 heteroatoms. The van der Waals surface area contributed by atoms with Crippen molar-refractivity contribution >= 4 is 5.91 Å². The number of benzene rings is 1. The molecular formula is C19H21N3O2. The summed E-state index contributed by atoms with van der Waals surface area (Å²) in [5.41, 5.74) is 3.08. The first-order chi connectivity index (χ1) is 11.7. The molecule has 0 fully saturated rings. The lowest BCUT2D eigenvalue weighted by Gasteiger charge is -2.27. The summed E-state index contributed by atoms with van der Waals surface area (Å²) in [5.74, 6) is 3.19. The van der Waals surface area contributed by atoms with Crippen LogP contribution in [0.25, 0.3) is 0 Å². The molecule has 1 aliphatic rings. The number of hydrogen-bond acceptors (Lipinski definition) is 3. The van der Waals surface area contributed by atoms with Crippen molar-refractivity contribution in [2.45, 2.75) is 31.7 Å². The van der Waals surface area contributed by atoms with Crippen LogP contribution in [-0.2, 0) is 17.8 Å². The third-order valence-corrected chi connectivity index (χ3v) is 4.41. The zero-order valence-corrected chi connectivity index (χ0v) is 13.8. The molecule has 0 aliphatic heterocycles. The summed E-state index contributed by atoms with van der Waals surface area (Å²) >= 11 is 0. The SMILES string of the molecule is C#CCOc1ccccc1CN(C)C(=O)[C@@H]1CCCc2[nH]ncc21. The van der Waals surface area contributed by atoms with Crippen LogP contribution in [0.1, 0.15) is 35.6 Å². The molecule has 1 aromatic heterocycles. The average molecular weight is 323 g/mol. The van der Waals surface area contributed by atoms with Crippen LogP contribution in [0.5, 0.6) is 5.75 Å². The minimum Gasteiger partial charge on any atom is -0.481 e. The van der Waals surface area contributed by atoms with Gasteiger partial charge in [-0.15, -0.1) is 6.42 Å². The molecule has 1 aliphatic carbocycles.